The Morgan fingerprint density at radius 1 is 1.28 bits per heavy atom. The van der Waals surface area contributed by atoms with E-state index in [9.17, 15) is 4.79 Å². The zero-order valence-electron chi connectivity index (χ0n) is 14.0. The molecule has 0 fully saturated rings. The molecule has 4 aromatic rings. The minimum atomic E-state index is 0.0213. The summed E-state index contributed by atoms with van der Waals surface area (Å²) in [5.41, 5.74) is 3.34. The third kappa shape index (κ3) is 3.25. The van der Waals surface area contributed by atoms with Gasteiger partial charge in [0.05, 0.1) is 0 Å². The van der Waals surface area contributed by atoms with Crippen LogP contribution in [0, 0.1) is 13.8 Å². The van der Waals surface area contributed by atoms with E-state index < -0.39 is 0 Å². The molecule has 0 atom stereocenters. The van der Waals surface area contributed by atoms with Crippen molar-refractivity contribution < 1.29 is 4.79 Å². The van der Waals surface area contributed by atoms with Crippen LogP contribution in [0.2, 0.25) is 0 Å². The van der Waals surface area contributed by atoms with E-state index in [1.807, 2.05) is 26.0 Å². The number of hydrogen-bond donors (Lipinski definition) is 2. The van der Waals surface area contributed by atoms with Gasteiger partial charge in [-0.05, 0) is 43.0 Å². The van der Waals surface area contributed by atoms with Gasteiger partial charge in [0.2, 0.25) is 10.9 Å². The molecule has 0 spiro atoms. The molecule has 7 nitrogen and oxygen atoms in total. The lowest BCUT2D eigenvalue weighted by Crippen LogP contribution is -2.22. The summed E-state index contributed by atoms with van der Waals surface area (Å²) >= 11 is 1.47. The summed E-state index contributed by atoms with van der Waals surface area (Å²) in [6.07, 6.45) is 1.02. The van der Waals surface area contributed by atoms with Crippen molar-refractivity contribution in [3.05, 3.63) is 46.4 Å². The van der Waals surface area contributed by atoms with Crippen molar-refractivity contribution in [1.29, 1.82) is 0 Å². The summed E-state index contributed by atoms with van der Waals surface area (Å²) in [5, 5.41) is 17.5. The molecule has 3 heterocycles. The molecule has 0 bridgehead atoms. The lowest BCUT2D eigenvalue weighted by atomic mass is 10.1. The van der Waals surface area contributed by atoms with Crippen LogP contribution in [0.1, 0.15) is 28.5 Å². The standard InChI is InChI=1S/C17H18N6OS/c1-10-7-13-8-12(3-4-14(13)19-10)9-18-15(24)5-6-16-22-23-11(2)20-21-17(23)25-16/h3-4,7-8,19H,5-6,9H2,1-2H3,(H,18,24). The fourth-order valence-corrected chi connectivity index (χ4v) is 3.68. The van der Waals surface area contributed by atoms with Crippen LogP contribution in [0.25, 0.3) is 15.9 Å². The third-order valence-electron chi connectivity index (χ3n) is 4.06. The number of benzene rings is 1. The molecule has 8 heteroatoms. The van der Waals surface area contributed by atoms with Crippen LogP contribution < -0.4 is 5.32 Å². The van der Waals surface area contributed by atoms with Gasteiger partial charge in [0.15, 0.2) is 5.82 Å². The van der Waals surface area contributed by atoms with E-state index in [1.54, 1.807) is 4.52 Å². The van der Waals surface area contributed by atoms with E-state index >= 15 is 0 Å². The summed E-state index contributed by atoms with van der Waals surface area (Å²) in [6.45, 7) is 4.43. The SMILES string of the molecule is Cc1cc2cc(CNC(=O)CCc3nn4c(C)nnc4s3)ccc2[nH]1. The zero-order valence-corrected chi connectivity index (χ0v) is 14.9. The molecule has 2 N–H and O–H groups in total. The van der Waals surface area contributed by atoms with Crippen molar-refractivity contribution in [2.75, 3.05) is 0 Å². The molecule has 25 heavy (non-hydrogen) atoms. The first-order valence-electron chi connectivity index (χ1n) is 8.11. The normalized spacial score (nSPS) is 11.4. The van der Waals surface area contributed by atoms with E-state index in [1.165, 1.54) is 16.7 Å². The number of aryl methyl sites for hydroxylation is 3. The van der Waals surface area contributed by atoms with Gasteiger partial charge in [-0.1, -0.05) is 17.4 Å². The Balaban J connectivity index is 1.33. The molecule has 0 aliphatic heterocycles. The first-order valence-corrected chi connectivity index (χ1v) is 8.93. The Bertz CT molecular complexity index is 1060. The minimum absolute atomic E-state index is 0.0213. The van der Waals surface area contributed by atoms with Gasteiger partial charge in [0.25, 0.3) is 0 Å². The van der Waals surface area contributed by atoms with E-state index in [0.717, 1.165) is 32.6 Å². The molecule has 128 valence electrons. The molecule has 1 aromatic carbocycles. The summed E-state index contributed by atoms with van der Waals surface area (Å²) in [4.78, 5) is 16.2. The maximum Gasteiger partial charge on any atom is 0.234 e. The highest BCUT2D eigenvalue weighted by Gasteiger charge is 2.10. The third-order valence-corrected chi connectivity index (χ3v) is 5.02. The van der Waals surface area contributed by atoms with Crippen LogP contribution in [0.5, 0.6) is 0 Å². The maximum atomic E-state index is 12.1. The van der Waals surface area contributed by atoms with Gasteiger partial charge in [-0.3, -0.25) is 4.79 Å². The van der Waals surface area contributed by atoms with Gasteiger partial charge in [-0.25, -0.2) is 0 Å². The number of fused-ring (bicyclic) bond motifs is 2. The first kappa shape index (κ1) is 15.8. The van der Waals surface area contributed by atoms with E-state index in [-0.39, 0.29) is 5.91 Å². The topological polar surface area (TPSA) is 88.0 Å². The molecular formula is C17H18N6OS. The Morgan fingerprint density at radius 3 is 3.00 bits per heavy atom. The summed E-state index contributed by atoms with van der Waals surface area (Å²) in [7, 11) is 0. The van der Waals surface area contributed by atoms with E-state index in [0.29, 0.717) is 19.4 Å². The second-order valence-electron chi connectivity index (χ2n) is 6.09. The molecule has 0 saturated carbocycles. The Hall–Kier alpha value is -2.74. The van der Waals surface area contributed by atoms with Gasteiger partial charge in [-0.2, -0.15) is 9.61 Å². The number of hydrogen-bond acceptors (Lipinski definition) is 5. The maximum absolute atomic E-state index is 12.1. The van der Waals surface area contributed by atoms with Crippen molar-refractivity contribution in [3.63, 3.8) is 0 Å². The fraction of sp³-hybridized carbons (Fsp3) is 0.294. The number of nitrogens with one attached hydrogen (secondary N) is 2. The van der Waals surface area contributed by atoms with Crippen molar-refractivity contribution in [2.24, 2.45) is 0 Å². The van der Waals surface area contributed by atoms with Crippen molar-refractivity contribution in [3.8, 4) is 0 Å². The average molecular weight is 354 g/mol. The number of aromatic nitrogens is 5. The number of H-pyrrole nitrogens is 1. The average Bonchev–Trinajstić information content (AvgIpc) is 3.25. The smallest absolute Gasteiger partial charge is 0.234 e. The number of carbonyl (C=O) groups excluding carboxylic acids is 1. The highest BCUT2D eigenvalue weighted by Crippen LogP contribution is 2.17. The highest BCUT2D eigenvalue weighted by molar-refractivity contribution is 7.16. The molecule has 0 radical (unpaired) electrons. The molecule has 0 unspecified atom stereocenters. The van der Waals surface area contributed by atoms with Crippen molar-refractivity contribution in [2.45, 2.75) is 33.2 Å². The van der Waals surface area contributed by atoms with Crippen molar-refractivity contribution in [1.82, 2.24) is 30.1 Å². The quantitative estimate of drug-likeness (QED) is 0.576. The molecule has 0 aliphatic carbocycles. The monoisotopic (exact) mass is 354 g/mol. The van der Waals surface area contributed by atoms with Crippen molar-refractivity contribution >= 4 is 33.1 Å². The molecule has 0 saturated heterocycles. The van der Waals surface area contributed by atoms with Gasteiger partial charge in [-0.15, -0.1) is 10.2 Å². The fourth-order valence-electron chi connectivity index (χ4n) is 2.80. The second kappa shape index (κ2) is 6.29. The number of nitrogens with zero attached hydrogens (tertiary/aromatic N) is 4. The summed E-state index contributed by atoms with van der Waals surface area (Å²) in [5.74, 6) is 0.783. The molecule has 4 rings (SSSR count). The van der Waals surface area contributed by atoms with Gasteiger partial charge in [0.1, 0.15) is 5.01 Å². The van der Waals surface area contributed by atoms with Crippen LogP contribution in [-0.2, 0) is 17.8 Å². The number of amides is 1. The summed E-state index contributed by atoms with van der Waals surface area (Å²) in [6, 6.07) is 8.29. The predicted molar refractivity (Wildman–Crippen MR) is 96.6 cm³/mol. The highest BCUT2D eigenvalue weighted by atomic mass is 32.1. The lowest BCUT2D eigenvalue weighted by Gasteiger charge is -2.05. The summed E-state index contributed by atoms with van der Waals surface area (Å²) < 4.78 is 1.71. The number of rotatable bonds is 5. The van der Waals surface area contributed by atoms with Gasteiger partial charge >= 0.3 is 0 Å². The zero-order chi connectivity index (χ0) is 17.4. The van der Waals surface area contributed by atoms with E-state index in [4.69, 9.17) is 0 Å². The molecule has 0 aliphatic rings. The first-order chi connectivity index (χ1) is 12.1. The van der Waals surface area contributed by atoms with Crippen LogP contribution in [0.15, 0.2) is 24.3 Å². The Labute approximate surface area is 148 Å². The Kier molecular flexibility index (Phi) is 3.96. The van der Waals surface area contributed by atoms with E-state index in [2.05, 4.69) is 37.7 Å². The lowest BCUT2D eigenvalue weighted by molar-refractivity contribution is -0.121. The van der Waals surface area contributed by atoms with Crippen LogP contribution >= 0.6 is 11.3 Å². The minimum Gasteiger partial charge on any atom is -0.359 e. The number of carbonyl (C=O) groups is 1. The molecular weight excluding hydrogens is 336 g/mol. The Morgan fingerprint density at radius 2 is 2.16 bits per heavy atom. The van der Waals surface area contributed by atoms with Crippen LogP contribution in [0.4, 0.5) is 0 Å². The van der Waals surface area contributed by atoms with Crippen LogP contribution in [-0.4, -0.2) is 30.7 Å². The predicted octanol–water partition coefficient (Wildman–Crippen LogP) is 2.53. The molecule has 3 aromatic heterocycles. The molecule has 1 amide bonds. The van der Waals surface area contributed by atoms with Gasteiger partial charge < -0.3 is 10.3 Å². The largest absolute Gasteiger partial charge is 0.359 e. The van der Waals surface area contributed by atoms with Gasteiger partial charge in [0, 0.05) is 30.6 Å². The van der Waals surface area contributed by atoms with Crippen LogP contribution in [0.3, 0.4) is 0 Å². The number of aromatic amines is 1. The second-order valence-corrected chi connectivity index (χ2v) is 7.13.